The van der Waals surface area contributed by atoms with E-state index in [0.29, 0.717) is 18.8 Å². The van der Waals surface area contributed by atoms with Crippen LogP contribution >= 0.6 is 0 Å². The van der Waals surface area contributed by atoms with Gasteiger partial charge in [0.15, 0.2) is 0 Å². The van der Waals surface area contributed by atoms with Crippen LogP contribution in [0.2, 0.25) is 0 Å². The topological polar surface area (TPSA) is 88.3 Å². The molecule has 0 aliphatic rings. The van der Waals surface area contributed by atoms with Gasteiger partial charge >= 0.3 is 6.09 Å². The van der Waals surface area contributed by atoms with E-state index in [2.05, 4.69) is 33.0 Å². The molecule has 0 aliphatic carbocycles. The highest BCUT2D eigenvalue weighted by Crippen LogP contribution is 2.18. The van der Waals surface area contributed by atoms with Crippen LogP contribution in [-0.2, 0) is 16.0 Å². The third-order valence-corrected chi connectivity index (χ3v) is 3.63. The highest BCUT2D eigenvalue weighted by molar-refractivity contribution is 5.85. The monoisotopic (exact) mass is 340 g/mol. The molecule has 0 saturated heterocycles. The normalized spacial score (nSPS) is 10.6. The number of rotatable bonds is 7. The molecule has 0 spiro atoms. The second-order valence-corrected chi connectivity index (χ2v) is 5.48. The molecule has 0 saturated carbocycles. The fourth-order valence-electron chi connectivity index (χ4n) is 2.38. The van der Waals surface area contributed by atoms with E-state index in [1.807, 2.05) is 24.3 Å². The van der Waals surface area contributed by atoms with Crippen LogP contribution < -0.4 is 10.6 Å². The number of carbonyl (C=O) groups excluding carboxylic acids is 1. The van der Waals surface area contributed by atoms with Gasteiger partial charge in [-0.3, -0.25) is 10.4 Å². The summed E-state index contributed by atoms with van der Waals surface area (Å²) < 4.78 is 9.82. The van der Waals surface area contributed by atoms with Gasteiger partial charge in [-0.05, 0) is 29.8 Å². The molecule has 1 heterocycles. The van der Waals surface area contributed by atoms with Gasteiger partial charge in [-0.1, -0.05) is 18.2 Å². The lowest BCUT2D eigenvalue weighted by Gasteiger charge is -2.10. The van der Waals surface area contributed by atoms with Crippen molar-refractivity contribution in [1.29, 1.82) is 0 Å². The van der Waals surface area contributed by atoms with Gasteiger partial charge in [-0.25, -0.2) is 4.79 Å². The standard InChI is InChI=1S/C18H20N4O3/c1-24-7-8-25-18(23)21-16-4-2-3-15(10-16)19-11-13-5-6-14-12-20-22-17(14)9-13/h2-6,9-10,12,19H,7-8,11H2,1H3,(H,20,22)(H,21,23). The van der Waals surface area contributed by atoms with Crippen molar-refractivity contribution in [3.63, 3.8) is 0 Å². The molecule has 3 aromatic rings. The molecule has 25 heavy (non-hydrogen) atoms. The number of benzene rings is 2. The van der Waals surface area contributed by atoms with Crippen molar-refractivity contribution in [2.45, 2.75) is 6.54 Å². The molecular formula is C18H20N4O3. The number of ether oxygens (including phenoxy) is 2. The zero-order chi connectivity index (χ0) is 17.5. The second-order valence-electron chi connectivity index (χ2n) is 5.48. The molecular weight excluding hydrogens is 320 g/mol. The summed E-state index contributed by atoms with van der Waals surface area (Å²) in [5.74, 6) is 0. The molecule has 1 amide bonds. The van der Waals surface area contributed by atoms with Gasteiger partial charge in [0.1, 0.15) is 6.61 Å². The Morgan fingerprint density at radius 2 is 2.04 bits per heavy atom. The Kier molecular flexibility index (Phi) is 5.48. The Hall–Kier alpha value is -3.06. The molecule has 3 N–H and O–H groups in total. The maximum atomic E-state index is 11.7. The van der Waals surface area contributed by atoms with Crippen molar-refractivity contribution in [2.75, 3.05) is 31.0 Å². The van der Waals surface area contributed by atoms with Gasteiger partial charge in [0.2, 0.25) is 0 Å². The van der Waals surface area contributed by atoms with Crippen LogP contribution in [0, 0.1) is 0 Å². The van der Waals surface area contributed by atoms with Gasteiger partial charge in [-0.15, -0.1) is 0 Å². The van der Waals surface area contributed by atoms with E-state index in [4.69, 9.17) is 9.47 Å². The highest BCUT2D eigenvalue weighted by Gasteiger charge is 2.04. The van der Waals surface area contributed by atoms with Crippen molar-refractivity contribution in [3.8, 4) is 0 Å². The summed E-state index contributed by atoms with van der Waals surface area (Å²) in [7, 11) is 1.56. The molecule has 130 valence electrons. The molecule has 7 nitrogen and oxygen atoms in total. The molecule has 0 bridgehead atoms. The Bertz CT molecular complexity index is 847. The van der Waals surface area contributed by atoms with Crippen LogP contribution in [0.4, 0.5) is 16.2 Å². The summed E-state index contributed by atoms with van der Waals surface area (Å²) in [4.78, 5) is 11.7. The number of nitrogens with zero attached hydrogens (tertiary/aromatic N) is 1. The SMILES string of the molecule is COCCOC(=O)Nc1cccc(NCc2ccc3cn[nH]c3c2)c1. The van der Waals surface area contributed by atoms with E-state index in [9.17, 15) is 4.79 Å². The van der Waals surface area contributed by atoms with Crippen LogP contribution in [-0.4, -0.2) is 36.6 Å². The molecule has 0 unspecified atom stereocenters. The van der Waals surface area contributed by atoms with E-state index in [0.717, 1.165) is 22.2 Å². The highest BCUT2D eigenvalue weighted by atomic mass is 16.6. The number of anilines is 2. The average molecular weight is 340 g/mol. The minimum Gasteiger partial charge on any atom is -0.447 e. The number of nitrogens with one attached hydrogen (secondary N) is 3. The molecule has 7 heteroatoms. The summed E-state index contributed by atoms with van der Waals surface area (Å²) in [6.45, 7) is 1.25. The van der Waals surface area contributed by atoms with E-state index in [-0.39, 0.29) is 6.61 Å². The lowest BCUT2D eigenvalue weighted by molar-refractivity contribution is 0.107. The quantitative estimate of drug-likeness (QED) is 0.574. The number of hydrogen-bond acceptors (Lipinski definition) is 5. The van der Waals surface area contributed by atoms with Gasteiger partial charge in [0, 0.05) is 30.4 Å². The van der Waals surface area contributed by atoms with Gasteiger partial charge in [0.25, 0.3) is 0 Å². The summed E-state index contributed by atoms with van der Waals surface area (Å²) >= 11 is 0. The number of aromatic nitrogens is 2. The number of fused-ring (bicyclic) bond motifs is 1. The van der Waals surface area contributed by atoms with Crippen LogP contribution in [0.25, 0.3) is 10.9 Å². The second kappa shape index (κ2) is 8.16. The summed E-state index contributed by atoms with van der Waals surface area (Å²) in [6.07, 6.45) is 1.30. The van der Waals surface area contributed by atoms with Crippen molar-refractivity contribution >= 4 is 28.4 Å². The maximum Gasteiger partial charge on any atom is 0.411 e. The first-order valence-electron chi connectivity index (χ1n) is 7.93. The zero-order valence-corrected chi connectivity index (χ0v) is 13.9. The van der Waals surface area contributed by atoms with Crippen LogP contribution in [0.5, 0.6) is 0 Å². The minimum atomic E-state index is -0.501. The van der Waals surface area contributed by atoms with Gasteiger partial charge in [-0.2, -0.15) is 5.10 Å². The lowest BCUT2D eigenvalue weighted by atomic mass is 10.1. The van der Waals surface area contributed by atoms with Crippen molar-refractivity contribution in [2.24, 2.45) is 0 Å². The van der Waals surface area contributed by atoms with Crippen molar-refractivity contribution in [1.82, 2.24) is 10.2 Å². The summed E-state index contributed by atoms with van der Waals surface area (Å²) in [5.41, 5.74) is 3.71. The fraction of sp³-hybridized carbons (Fsp3) is 0.222. The van der Waals surface area contributed by atoms with Crippen molar-refractivity contribution < 1.29 is 14.3 Å². The fourth-order valence-corrected chi connectivity index (χ4v) is 2.38. The number of aromatic amines is 1. The molecule has 0 atom stereocenters. The number of amides is 1. The average Bonchev–Trinajstić information content (AvgIpc) is 3.08. The first-order chi connectivity index (χ1) is 12.2. The molecule has 2 aromatic carbocycles. The summed E-state index contributed by atoms with van der Waals surface area (Å²) in [6, 6.07) is 13.6. The van der Waals surface area contributed by atoms with E-state index in [1.165, 1.54) is 0 Å². The first kappa shape index (κ1) is 16.8. The van der Waals surface area contributed by atoms with E-state index < -0.39 is 6.09 Å². The Balaban J connectivity index is 1.56. The minimum absolute atomic E-state index is 0.219. The molecule has 0 aliphatic heterocycles. The van der Waals surface area contributed by atoms with E-state index >= 15 is 0 Å². The van der Waals surface area contributed by atoms with Gasteiger partial charge in [0.05, 0.1) is 18.3 Å². The maximum absolute atomic E-state index is 11.7. The van der Waals surface area contributed by atoms with Crippen LogP contribution in [0.15, 0.2) is 48.7 Å². The molecule has 0 radical (unpaired) electrons. The first-order valence-corrected chi connectivity index (χ1v) is 7.93. The molecule has 1 aromatic heterocycles. The third kappa shape index (κ3) is 4.71. The molecule has 3 rings (SSSR count). The number of carbonyl (C=O) groups is 1. The van der Waals surface area contributed by atoms with Crippen LogP contribution in [0.3, 0.4) is 0 Å². The van der Waals surface area contributed by atoms with Gasteiger partial charge < -0.3 is 14.8 Å². The predicted octanol–water partition coefficient (Wildman–Crippen LogP) is 3.37. The van der Waals surface area contributed by atoms with Crippen LogP contribution in [0.1, 0.15) is 5.56 Å². The lowest BCUT2D eigenvalue weighted by Crippen LogP contribution is -2.16. The van der Waals surface area contributed by atoms with Crippen molar-refractivity contribution in [3.05, 3.63) is 54.2 Å². The Morgan fingerprint density at radius 3 is 2.92 bits per heavy atom. The number of H-pyrrole nitrogens is 1. The Morgan fingerprint density at radius 1 is 1.16 bits per heavy atom. The predicted molar refractivity (Wildman–Crippen MR) is 96.7 cm³/mol. The summed E-state index contributed by atoms with van der Waals surface area (Å²) in [5, 5.41) is 14.1. The Labute approximate surface area is 145 Å². The van der Waals surface area contributed by atoms with E-state index in [1.54, 1.807) is 19.4 Å². The largest absolute Gasteiger partial charge is 0.447 e. The number of hydrogen-bond donors (Lipinski definition) is 3. The third-order valence-electron chi connectivity index (χ3n) is 3.63. The zero-order valence-electron chi connectivity index (χ0n) is 13.9. The number of methoxy groups -OCH3 is 1. The smallest absolute Gasteiger partial charge is 0.411 e. The molecule has 0 fully saturated rings.